The third-order valence-electron chi connectivity index (χ3n) is 3.66. The molecule has 0 saturated heterocycles. The largest absolute Gasteiger partial charge is 0.379 e. The predicted octanol–water partition coefficient (Wildman–Crippen LogP) is 4.11. The van der Waals surface area contributed by atoms with Crippen LogP contribution in [0.4, 0.5) is 11.4 Å². The molecule has 0 bridgehead atoms. The standard InChI is InChI=1S/C15H13BrN2O2/c16-12-5-6-14(15(8-12)18(19)20)17-9-11-7-10-3-1-2-4-13(10)11/h1-6,8,11,17H,7,9H2. The van der Waals surface area contributed by atoms with E-state index >= 15 is 0 Å². The lowest BCUT2D eigenvalue weighted by Gasteiger charge is -2.30. The first-order chi connectivity index (χ1) is 9.65. The minimum atomic E-state index is -0.359. The lowest BCUT2D eigenvalue weighted by molar-refractivity contribution is -0.384. The lowest BCUT2D eigenvalue weighted by Crippen LogP contribution is -2.24. The van der Waals surface area contributed by atoms with Crippen LogP contribution in [0.25, 0.3) is 0 Å². The molecular weight excluding hydrogens is 320 g/mol. The molecule has 0 heterocycles. The quantitative estimate of drug-likeness (QED) is 0.677. The average molecular weight is 333 g/mol. The molecule has 3 rings (SSSR count). The van der Waals surface area contributed by atoms with Crippen molar-refractivity contribution in [2.75, 3.05) is 11.9 Å². The van der Waals surface area contributed by atoms with Crippen LogP contribution in [0.3, 0.4) is 0 Å². The number of anilines is 1. The van der Waals surface area contributed by atoms with Crippen molar-refractivity contribution in [1.82, 2.24) is 0 Å². The summed E-state index contributed by atoms with van der Waals surface area (Å²) in [6.45, 7) is 0.722. The number of nitrogens with zero attached hydrogens (tertiary/aromatic N) is 1. The number of hydrogen-bond donors (Lipinski definition) is 1. The minimum absolute atomic E-state index is 0.104. The first-order valence-electron chi connectivity index (χ1n) is 6.41. The molecule has 1 N–H and O–H groups in total. The van der Waals surface area contributed by atoms with Crippen LogP contribution >= 0.6 is 15.9 Å². The topological polar surface area (TPSA) is 55.2 Å². The molecule has 0 fully saturated rings. The molecule has 0 radical (unpaired) electrons. The first kappa shape index (κ1) is 13.1. The van der Waals surface area contributed by atoms with E-state index in [4.69, 9.17) is 0 Å². The summed E-state index contributed by atoms with van der Waals surface area (Å²) >= 11 is 3.26. The van der Waals surface area contributed by atoms with Crippen molar-refractivity contribution in [1.29, 1.82) is 0 Å². The summed E-state index contributed by atoms with van der Waals surface area (Å²) in [7, 11) is 0. The summed E-state index contributed by atoms with van der Waals surface area (Å²) in [6, 6.07) is 13.4. The Morgan fingerprint density at radius 3 is 2.85 bits per heavy atom. The van der Waals surface area contributed by atoms with Gasteiger partial charge in [0.15, 0.2) is 0 Å². The van der Waals surface area contributed by atoms with Gasteiger partial charge in [-0.05, 0) is 29.7 Å². The van der Waals surface area contributed by atoms with Gasteiger partial charge in [-0.25, -0.2) is 0 Å². The van der Waals surface area contributed by atoms with Gasteiger partial charge in [-0.1, -0.05) is 40.2 Å². The molecule has 0 spiro atoms. The van der Waals surface area contributed by atoms with Crippen molar-refractivity contribution in [2.24, 2.45) is 0 Å². The van der Waals surface area contributed by atoms with Crippen LogP contribution in [-0.4, -0.2) is 11.5 Å². The van der Waals surface area contributed by atoms with E-state index in [-0.39, 0.29) is 10.6 Å². The Labute approximate surface area is 125 Å². The Balaban J connectivity index is 1.73. The normalized spacial score (nSPS) is 16.1. The second kappa shape index (κ2) is 5.25. The number of rotatable bonds is 4. The molecule has 5 heteroatoms. The highest BCUT2D eigenvalue weighted by Crippen LogP contribution is 2.36. The van der Waals surface area contributed by atoms with Crippen molar-refractivity contribution in [3.8, 4) is 0 Å². The fourth-order valence-corrected chi connectivity index (χ4v) is 2.93. The van der Waals surface area contributed by atoms with Crippen LogP contribution in [0.2, 0.25) is 0 Å². The van der Waals surface area contributed by atoms with E-state index in [1.54, 1.807) is 6.07 Å². The maximum absolute atomic E-state index is 11.0. The second-order valence-corrected chi connectivity index (χ2v) is 5.82. The highest BCUT2D eigenvalue weighted by Gasteiger charge is 2.25. The summed E-state index contributed by atoms with van der Waals surface area (Å²) in [5, 5.41) is 14.2. The zero-order valence-electron chi connectivity index (χ0n) is 10.7. The van der Waals surface area contributed by atoms with Crippen molar-refractivity contribution in [3.05, 3.63) is 68.2 Å². The monoisotopic (exact) mass is 332 g/mol. The first-order valence-corrected chi connectivity index (χ1v) is 7.20. The number of hydrogen-bond acceptors (Lipinski definition) is 3. The molecule has 2 aromatic carbocycles. The number of benzene rings is 2. The summed E-state index contributed by atoms with van der Waals surface area (Å²) < 4.78 is 0.712. The molecule has 102 valence electrons. The molecule has 2 aromatic rings. The van der Waals surface area contributed by atoms with Crippen LogP contribution in [-0.2, 0) is 6.42 Å². The second-order valence-electron chi connectivity index (χ2n) is 4.90. The summed E-state index contributed by atoms with van der Waals surface area (Å²) in [6.07, 6.45) is 1.04. The van der Waals surface area contributed by atoms with Crippen molar-refractivity contribution in [2.45, 2.75) is 12.3 Å². The summed E-state index contributed by atoms with van der Waals surface area (Å²) in [4.78, 5) is 10.7. The van der Waals surface area contributed by atoms with Crippen molar-refractivity contribution >= 4 is 27.3 Å². The van der Waals surface area contributed by atoms with E-state index < -0.39 is 0 Å². The molecule has 20 heavy (non-hydrogen) atoms. The molecule has 4 nitrogen and oxygen atoms in total. The van der Waals surface area contributed by atoms with Crippen LogP contribution in [0, 0.1) is 10.1 Å². The fourth-order valence-electron chi connectivity index (χ4n) is 2.58. The molecule has 1 unspecified atom stereocenters. The highest BCUT2D eigenvalue weighted by atomic mass is 79.9. The number of nitro groups is 1. The third kappa shape index (κ3) is 2.41. The number of fused-ring (bicyclic) bond motifs is 1. The van der Waals surface area contributed by atoms with Gasteiger partial charge in [0.1, 0.15) is 5.69 Å². The number of nitro benzene ring substituents is 1. The van der Waals surface area contributed by atoms with E-state index in [0.29, 0.717) is 16.1 Å². The van der Waals surface area contributed by atoms with E-state index in [1.165, 1.54) is 17.2 Å². The van der Waals surface area contributed by atoms with Crippen molar-refractivity contribution in [3.63, 3.8) is 0 Å². The fraction of sp³-hybridized carbons (Fsp3) is 0.200. The van der Waals surface area contributed by atoms with Gasteiger partial charge in [0.05, 0.1) is 4.92 Å². The zero-order chi connectivity index (χ0) is 14.1. The van der Waals surface area contributed by atoms with E-state index in [0.717, 1.165) is 13.0 Å². The Bertz CT molecular complexity index is 673. The van der Waals surface area contributed by atoms with Crippen LogP contribution < -0.4 is 5.32 Å². The summed E-state index contributed by atoms with van der Waals surface area (Å²) in [5.41, 5.74) is 3.40. The van der Waals surface area contributed by atoms with E-state index in [1.807, 2.05) is 18.2 Å². The predicted molar refractivity (Wildman–Crippen MR) is 82.2 cm³/mol. The van der Waals surface area contributed by atoms with Crippen LogP contribution in [0.1, 0.15) is 17.0 Å². The minimum Gasteiger partial charge on any atom is -0.379 e. The Morgan fingerprint density at radius 1 is 1.30 bits per heavy atom. The third-order valence-corrected chi connectivity index (χ3v) is 4.15. The number of nitrogens with one attached hydrogen (secondary N) is 1. The molecule has 0 saturated carbocycles. The zero-order valence-corrected chi connectivity index (χ0v) is 12.3. The molecule has 1 aliphatic carbocycles. The van der Waals surface area contributed by atoms with Gasteiger partial charge in [-0.15, -0.1) is 0 Å². The Morgan fingerprint density at radius 2 is 2.10 bits per heavy atom. The molecule has 0 aromatic heterocycles. The van der Waals surface area contributed by atoms with Crippen molar-refractivity contribution < 1.29 is 4.92 Å². The molecule has 1 atom stereocenters. The Hall–Kier alpha value is -1.88. The van der Waals surface area contributed by atoms with Gasteiger partial charge in [0, 0.05) is 23.0 Å². The molecule has 0 aliphatic heterocycles. The molecule has 1 aliphatic rings. The molecule has 0 amide bonds. The smallest absolute Gasteiger partial charge is 0.293 e. The SMILES string of the molecule is O=[N+]([O-])c1cc(Br)ccc1NCC1Cc2ccccc21. The summed E-state index contributed by atoms with van der Waals surface area (Å²) in [5.74, 6) is 0.439. The van der Waals surface area contributed by atoms with E-state index in [2.05, 4.69) is 33.4 Å². The van der Waals surface area contributed by atoms with Gasteiger partial charge >= 0.3 is 0 Å². The van der Waals surface area contributed by atoms with Gasteiger partial charge in [-0.2, -0.15) is 0 Å². The maximum Gasteiger partial charge on any atom is 0.293 e. The van der Waals surface area contributed by atoms with Crippen LogP contribution in [0.5, 0.6) is 0 Å². The number of halogens is 1. The van der Waals surface area contributed by atoms with Gasteiger partial charge in [-0.3, -0.25) is 10.1 Å². The van der Waals surface area contributed by atoms with Crippen LogP contribution in [0.15, 0.2) is 46.9 Å². The average Bonchev–Trinajstić information content (AvgIpc) is 2.41. The highest BCUT2D eigenvalue weighted by molar-refractivity contribution is 9.10. The molecular formula is C15H13BrN2O2. The lowest BCUT2D eigenvalue weighted by atomic mass is 9.77. The van der Waals surface area contributed by atoms with Gasteiger partial charge in [0.2, 0.25) is 0 Å². The van der Waals surface area contributed by atoms with Gasteiger partial charge in [0.25, 0.3) is 5.69 Å². The van der Waals surface area contributed by atoms with Gasteiger partial charge < -0.3 is 5.32 Å². The maximum atomic E-state index is 11.0. The Kier molecular flexibility index (Phi) is 3.44. The van der Waals surface area contributed by atoms with E-state index in [9.17, 15) is 10.1 Å².